The molecule has 0 amide bonds. The van der Waals surface area contributed by atoms with Crippen molar-refractivity contribution in [1.82, 2.24) is 30.5 Å². The summed E-state index contributed by atoms with van der Waals surface area (Å²) in [4.78, 5) is 11.0. The first kappa shape index (κ1) is 16.0. The molecule has 9 heteroatoms. The number of nitrogens with one attached hydrogen (secondary N) is 1. The average molecular weight is 344 g/mol. The summed E-state index contributed by atoms with van der Waals surface area (Å²) >= 11 is 0. The second-order valence-corrected chi connectivity index (χ2v) is 6.21. The van der Waals surface area contributed by atoms with E-state index in [0.717, 1.165) is 37.3 Å². The highest BCUT2D eigenvalue weighted by molar-refractivity contribution is 5.51. The number of nitrogens with zero attached hydrogens (tertiary/aromatic N) is 5. The normalized spacial score (nSPS) is 18.7. The number of likely N-dealkylation sites (tertiary alicyclic amines) is 1. The average Bonchev–Trinajstić information content (AvgIpc) is 3.35. The molecule has 0 aliphatic carbocycles. The fourth-order valence-electron chi connectivity index (χ4n) is 3.04. The van der Waals surface area contributed by atoms with E-state index in [9.17, 15) is 0 Å². The number of aromatic nitrogens is 4. The van der Waals surface area contributed by atoms with Crippen molar-refractivity contribution in [3.05, 3.63) is 36.2 Å². The molecule has 1 fully saturated rings. The van der Waals surface area contributed by atoms with Gasteiger partial charge in [0.1, 0.15) is 6.26 Å². The lowest BCUT2D eigenvalue weighted by Crippen LogP contribution is -2.45. The molecule has 1 aliphatic heterocycles. The molecule has 0 saturated carbocycles. The van der Waals surface area contributed by atoms with Crippen molar-refractivity contribution >= 4 is 0 Å². The number of rotatable bonds is 6. The Morgan fingerprint density at radius 1 is 1.28 bits per heavy atom. The Morgan fingerprint density at radius 3 is 3.04 bits per heavy atom. The zero-order valence-electron chi connectivity index (χ0n) is 14.0. The summed E-state index contributed by atoms with van der Waals surface area (Å²) < 4.78 is 15.4. The van der Waals surface area contributed by atoms with Gasteiger partial charge in [-0.2, -0.15) is 9.97 Å². The Hall–Kier alpha value is -2.52. The van der Waals surface area contributed by atoms with Gasteiger partial charge in [0.15, 0.2) is 5.82 Å². The monoisotopic (exact) mass is 344 g/mol. The third-order valence-electron chi connectivity index (χ3n) is 4.23. The highest BCUT2D eigenvalue weighted by Crippen LogP contribution is 2.16. The van der Waals surface area contributed by atoms with Gasteiger partial charge < -0.3 is 18.8 Å². The first-order chi connectivity index (χ1) is 12.3. The molecule has 25 heavy (non-hydrogen) atoms. The molecule has 3 aromatic heterocycles. The highest BCUT2D eigenvalue weighted by Gasteiger charge is 2.21. The molecular weight excluding hydrogens is 324 g/mol. The lowest BCUT2D eigenvalue weighted by atomic mass is 10.1. The van der Waals surface area contributed by atoms with E-state index in [1.54, 1.807) is 25.5 Å². The van der Waals surface area contributed by atoms with Gasteiger partial charge in [-0.1, -0.05) is 10.3 Å². The van der Waals surface area contributed by atoms with Gasteiger partial charge in [-0.3, -0.25) is 4.90 Å². The maximum absolute atomic E-state index is 5.29. The van der Waals surface area contributed by atoms with Crippen molar-refractivity contribution < 1.29 is 13.5 Å². The van der Waals surface area contributed by atoms with Gasteiger partial charge in [-0.05, 0) is 25.5 Å². The lowest BCUT2D eigenvalue weighted by Gasteiger charge is -2.32. The molecule has 4 rings (SSSR count). The summed E-state index contributed by atoms with van der Waals surface area (Å²) in [5.74, 6) is 2.46. The zero-order chi connectivity index (χ0) is 17.1. The Balaban J connectivity index is 1.29. The minimum absolute atomic E-state index is 0.367. The number of aryl methyl sites for hydroxylation is 1. The van der Waals surface area contributed by atoms with E-state index < -0.39 is 0 Å². The minimum atomic E-state index is 0.367. The standard InChI is InChI=1S/C16H20N6O3/c1-11-18-14(20-24-11)9-22-5-2-3-13(8-22)17-7-15-19-16(21-25-15)12-4-6-23-10-12/h4,6,10,13,17H,2-3,5,7-9H2,1H3. The van der Waals surface area contributed by atoms with Crippen LogP contribution in [0.25, 0.3) is 11.4 Å². The summed E-state index contributed by atoms with van der Waals surface area (Å²) in [7, 11) is 0. The summed E-state index contributed by atoms with van der Waals surface area (Å²) in [6, 6.07) is 2.17. The van der Waals surface area contributed by atoms with Gasteiger partial charge in [0.05, 0.1) is 24.9 Å². The Bertz CT molecular complexity index is 797. The lowest BCUT2D eigenvalue weighted by molar-refractivity contribution is 0.174. The zero-order valence-corrected chi connectivity index (χ0v) is 14.0. The smallest absolute Gasteiger partial charge is 0.240 e. The predicted molar refractivity (Wildman–Crippen MR) is 86.2 cm³/mol. The van der Waals surface area contributed by atoms with Crippen molar-refractivity contribution in [2.75, 3.05) is 13.1 Å². The molecule has 1 atom stereocenters. The maximum atomic E-state index is 5.29. The second kappa shape index (κ2) is 7.16. The molecule has 1 N–H and O–H groups in total. The van der Waals surface area contributed by atoms with Crippen LogP contribution in [0.5, 0.6) is 0 Å². The second-order valence-electron chi connectivity index (χ2n) is 6.21. The molecule has 0 bridgehead atoms. The fraction of sp³-hybridized carbons (Fsp3) is 0.500. The van der Waals surface area contributed by atoms with Gasteiger partial charge in [0.2, 0.25) is 17.6 Å². The van der Waals surface area contributed by atoms with Crippen molar-refractivity contribution in [3.8, 4) is 11.4 Å². The summed E-state index contributed by atoms with van der Waals surface area (Å²) in [6.45, 7) is 5.03. The molecule has 0 spiro atoms. The summed E-state index contributed by atoms with van der Waals surface area (Å²) in [5, 5.41) is 11.4. The van der Waals surface area contributed by atoms with Crippen LogP contribution < -0.4 is 5.32 Å². The molecule has 4 heterocycles. The first-order valence-electron chi connectivity index (χ1n) is 8.36. The van der Waals surface area contributed by atoms with Gasteiger partial charge in [0.25, 0.3) is 0 Å². The van der Waals surface area contributed by atoms with Crippen LogP contribution in [0.1, 0.15) is 30.4 Å². The van der Waals surface area contributed by atoms with Crippen molar-refractivity contribution in [3.63, 3.8) is 0 Å². The molecule has 0 aromatic carbocycles. The molecule has 9 nitrogen and oxygen atoms in total. The van der Waals surface area contributed by atoms with Gasteiger partial charge >= 0.3 is 0 Å². The topological polar surface area (TPSA) is 106 Å². The van der Waals surface area contributed by atoms with Crippen LogP contribution in [0, 0.1) is 6.92 Å². The van der Waals surface area contributed by atoms with E-state index in [1.165, 1.54) is 0 Å². The summed E-state index contributed by atoms with van der Waals surface area (Å²) in [6.07, 6.45) is 5.43. The van der Waals surface area contributed by atoms with Crippen LogP contribution in [-0.4, -0.2) is 44.3 Å². The van der Waals surface area contributed by atoms with E-state index >= 15 is 0 Å². The van der Waals surface area contributed by atoms with E-state index in [4.69, 9.17) is 13.5 Å². The van der Waals surface area contributed by atoms with Gasteiger partial charge in [-0.25, -0.2) is 0 Å². The van der Waals surface area contributed by atoms with Crippen LogP contribution in [0.2, 0.25) is 0 Å². The molecule has 1 saturated heterocycles. The molecule has 1 aliphatic rings. The SMILES string of the molecule is Cc1nc(CN2CCCC(NCc3nc(-c4ccoc4)no3)C2)no1. The molecule has 0 radical (unpaired) electrons. The van der Waals surface area contributed by atoms with Crippen molar-refractivity contribution in [2.24, 2.45) is 0 Å². The quantitative estimate of drug-likeness (QED) is 0.716. The largest absolute Gasteiger partial charge is 0.472 e. The number of hydrogen-bond donors (Lipinski definition) is 1. The maximum Gasteiger partial charge on any atom is 0.240 e. The van der Waals surface area contributed by atoms with Crippen LogP contribution >= 0.6 is 0 Å². The molecule has 3 aromatic rings. The van der Waals surface area contributed by atoms with E-state index in [-0.39, 0.29) is 0 Å². The van der Waals surface area contributed by atoms with Crippen molar-refractivity contribution in [1.29, 1.82) is 0 Å². The Kier molecular flexibility index (Phi) is 4.57. The highest BCUT2D eigenvalue weighted by atomic mass is 16.5. The van der Waals surface area contributed by atoms with Crippen molar-refractivity contribution in [2.45, 2.75) is 38.9 Å². The van der Waals surface area contributed by atoms with Crippen LogP contribution in [0.3, 0.4) is 0 Å². The Morgan fingerprint density at radius 2 is 2.24 bits per heavy atom. The fourth-order valence-corrected chi connectivity index (χ4v) is 3.04. The minimum Gasteiger partial charge on any atom is -0.472 e. The molecule has 1 unspecified atom stereocenters. The van der Waals surface area contributed by atoms with Gasteiger partial charge in [-0.15, -0.1) is 0 Å². The first-order valence-corrected chi connectivity index (χ1v) is 8.36. The van der Waals surface area contributed by atoms with Gasteiger partial charge in [0, 0.05) is 19.5 Å². The number of hydrogen-bond acceptors (Lipinski definition) is 9. The van der Waals surface area contributed by atoms with E-state index in [1.807, 2.05) is 0 Å². The Labute approximate surface area is 144 Å². The van der Waals surface area contributed by atoms with E-state index in [0.29, 0.717) is 36.7 Å². The van der Waals surface area contributed by atoms with Crippen LogP contribution in [0.15, 0.2) is 32.1 Å². The molecule has 132 valence electrons. The number of piperidine rings is 1. The predicted octanol–water partition coefficient (Wildman–Crippen LogP) is 1.78. The third kappa shape index (κ3) is 3.94. The van der Waals surface area contributed by atoms with Crippen LogP contribution in [0.4, 0.5) is 0 Å². The van der Waals surface area contributed by atoms with Crippen LogP contribution in [-0.2, 0) is 13.1 Å². The third-order valence-corrected chi connectivity index (χ3v) is 4.23. The van der Waals surface area contributed by atoms with E-state index in [2.05, 4.69) is 30.5 Å². The molecular formula is C16H20N6O3. The number of furan rings is 1. The summed E-state index contributed by atoms with van der Waals surface area (Å²) in [5.41, 5.74) is 0.814.